The van der Waals surface area contributed by atoms with Crippen LogP contribution in [-0.4, -0.2) is 43.2 Å². The zero-order valence-electron chi connectivity index (χ0n) is 10.5. The van der Waals surface area contributed by atoms with Gasteiger partial charge in [0.25, 0.3) is 0 Å². The number of hydrogen-bond donors (Lipinski definition) is 2. The molecule has 0 aromatic carbocycles. The minimum absolute atomic E-state index is 0.472. The van der Waals surface area contributed by atoms with Gasteiger partial charge in [-0.3, -0.25) is 0 Å². The first-order valence-corrected chi connectivity index (χ1v) is 7.06. The average Bonchev–Trinajstić information content (AvgIpc) is 2.33. The van der Waals surface area contributed by atoms with E-state index in [1.54, 1.807) is 0 Å². The second-order valence-electron chi connectivity index (χ2n) is 5.47. The summed E-state index contributed by atoms with van der Waals surface area (Å²) in [5.74, 6) is 0. The fourth-order valence-corrected chi connectivity index (χ4v) is 2.93. The van der Waals surface area contributed by atoms with Crippen LogP contribution < -0.4 is 11.1 Å². The van der Waals surface area contributed by atoms with Gasteiger partial charge in [-0.2, -0.15) is 0 Å². The van der Waals surface area contributed by atoms with Crippen molar-refractivity contribution >= 4 is 0 Å². The van der Waals surface area contributed by atoms with Gasteiger partial charge in [-0.1, -0.05) is 6.42 Å². The van der Waals surface area contributed by atoms with Crippen molar-refractivity contribution in [2.75, 3.05) is 26.2 Å². The average molecular weight is 225 g/mol. The van der Waals surface area contributed by atoms with Gasteiger partial charge in [0, 0.05) is 25.2 Å². The minimum atomic E-state index is 0.472. The summed E-state index contributed by atoms with van der Waals surface area (Å²) in [7, 11) is 0. The molecule has 0 unspecified atom stereocenters. The lowest BCUT2D eigenvalue weighted by molar-refractivity contribution is 0.221. The maximum absolute atomic E-state index is 5.91. The smallest absolute Gasteiger partial charge is 0.0107 e. The van der Waals surface area contributed by atoms with Gasteiger partial charge in [0.1, 0.15) is 0 Å². The molecule has 0 aromatic heterocycles. The summed E-state index contributed by atoms with van der Waals surface area (Å²) in [6.45, 7) is 5.04. The highest BCUT2D eigenvalue weighted by Crippen LogP contribution is 2.16. The molecule has 3 nitrogen and oxygen atoms in total. The van der Waals surface area contributed by atoms with E-state index in [0.29, 0.717) is 6.04 Å². The predicted molar refractivity (Wildman–Crippen MR) is 68.5 cm³/mol. The van der Waals surface area contributed by atoms with E-state index in [-0.39, 0.29) is 0 Å². The van der Waals surface area contributed by atoms with Gasteiger partial charge in [0.2, 0.25) is 0 Å². The van der Waals surface area contributed by atoms with Crippen LogP contribution in [0.25, 0.3) is 0 Å². The zero-order chi connectivity index (χ0) is 11.2. The first-order chi connectivity index (χ1) is 7.84. The molecular weight excluding hydrogens is 198 g/mol. The highest BCUT2D eigenvalue weighted by atomic mass is 15.1. The topological polar surface area (TPSA) is 41.3 Å². The summed E-state index contributed by atoms with van der Waals surface area (Å²) >= 11 is 0. The third-order valence-corrected chi connectivity index (χ3v) is 4.08. The van der Waals surface area contributed by atoms with Gasteiger partial charge in [-0.05, 0) is 51.6 Å². The lowest BCUT2D eigenvalue weighted by Gasteiger charge is -2.30. The maximum atomic E-state index is 5.91. The van der Waals surface area contributed by atoms with E-state index in [1.807, 2.05) is 0 Å². The van der Waals surface area contributed by atoms with Crippen LogP contribution in [0.1, 0.15) is 44.9 Å². The van der Waals surface area contributed by atoms with Crippen molar-refractivity contribution in [1.29, 1.82) is 0 Å². The molecule has 2 rings (SSSR count). The largest absolute Gasteiger partial charge is 0.328 e. The van der Waals surface area contributed by atoms with Crippen molar-refractivity contribution < 1.29 is 0 Å². The molecule has 0 spiro atoms. The SMILES string of the molecule is NC1CCC(NCCN2CCCCC2)CC1. The van der Waals surface area contributed by atoms with Crippen LogP contribution in [0.5, 0.6) is 0 Å². The second kappa shape index (κ2) is 6.58. The lowest BCUT2D eigenvalue weighted by Crippen LogP contribution is -2.42. The van der Waals surface area contributed by atoms with Crippen LogP contribution in [0, 0.1) is 0 Å². The van der Waals surface area contributed by atoms with E-state index in [1.165, 1.54) is 71.1 Å². The number of nitrogens with two attached hydrogens (primary N) is 1. The molecule has 3 heteroatoms. The van der Waals surface area contributed by atoms with E-state index in [9.17, 15) is 0 Å². The molecule has 0 atom stereocenters. The molecule has 1 saturated carbocycles. The second-order valence-corrected chi connectivity index (χ2v) is 5.47. The van der Waals surface area contributed by atoms with Gasteiger partial charge in [-0.15, -0.1) is 0 Å². The van der Waals surface area contributed by atoms with Crippen molar-refractivity contribution in [2.45, 2.75) is 57.0 Å². The quantitative estimate of drug-likeness (QED) is 0.758. The molecule has 2 aliphatic rings. The summed E-state index contributed by atoms with van der Waals surface area (Å²) in [5, 5.41) is 3.69. The molecule has 1 aliphatic carbocycles. The van der Waals surface area contributed by atoms with Crippen LogP contribution in [0.15, 0.2) is 0 Å². The third kappa shape index (κ3) is 4.04. The number of hydrogen-bond acceptors (Lipinski definition) is 3. The highest BCUT2D eigenvalue weighted by molar-refractivity contribution is 4.79. The Morgan fingerprint density at radius 2 is 1.69 bits per heavy atom. The monoisotopic (exact) mass is 225 g/mol. The Morgan fingerprint density at radius 1 is 1.00 bits per heavy atom. The first kappa shape index (κ1) is 12.3. The summed E-state index contributed by atoms with van der Waals surface area (Å²) < 4.78 is 0. The van der Waals surface area contributed by atoms with E-state index in [0.717, 1.165) is 6.04 Å². The molecule has 2 fully saturated rings. The molecule has 0 bridgehead atoms. The Labute approximate surface area is 99.8 Å². The number of rotatable bonds is 4. The van der Waals surface area contributed by atoms with E-state index in [4.69, 9.17) is 5.73 Å². The highest BCUT2D eigenvalue weighted by Gasteiger charge is 2.18. The van der Waals surface area contributed by atoms with E-state index < -0.39 is 0 Å². The van der Waals surface area contributed by atoms with Crippen LogP contribution in [0.4, 0.5) is 0 Å². The molecule has 3 N–H and O–H groups in total. The van der Waals surface area contributed by atoms with Crippen molar-refractivity contribution in [3.05, 3.63) is 0 Å². The molecule has 1 heterocycles. The molecule has 1 saturated heterocycles. The summed E-state index contributed by atoms with van der Waals surface area (Å²) in [4.78, 5) is 2.60. The third-order valence-electron chi connectivity index (χ3n) is 4.08. The summed E-state index contributed by atoms with van der Waals surface area (Å²) in [5.41, 5.74) is 5.91. The van der Waals surface area contributed by atoms with Crippen LogP contribution in [0.3, 0.4) is 0 Å². The molecule has 0 radical (unpaired) electrons. The molecule has 94 valence electrons. The van der Waals surface area contributed by atoms with Crippen LogP contribution >= 0.6 is 0 Å². The van der Waals surface area contributed by atoms with Crippen molar-refractivity contribution in [1.82, 2.24) is 10.2 Å². The Kier molecular flexibility index (Phi) is 5.07. The molecule has 0 aromatic rings. The van der Waals surface area contributed by atoms with Crippen molar-refractivity contribution in [3.8, 4) is 0 Å². The predicted octanol–water partition coefficient (Wildman–Crippen LogP) is 1.33. The molecule has 1 aliphatic heterocycles. The van der Waals surface area contributed by atoms with Gasteiger partial charge < -0.3 is 16.0 Å². The summed E-state index contributed by atoms with van der Waals surface area (Å²) in [6.07, 6.45) is 9.21. The van der Waals surface area contributed by atoms with E-state index >= 15 is 0 Å². The Balaban J connectivity index is 1.53. The number of likely N-dealkylation sites (tertiary alicyclic amines) is 1. The lowest BCUT2D eigenvalue weighted by atomic mass is 9.92. The van der Waals surface area contributed by atoms with Crippen molar-refractivity contribution in [3.63, 3.8) is 0 Å². The maximum Gasteiger partial charge on any atom is 0.0107 e. The molecule has 16 heavy (non-hydrogen) atoms. The van der Waals surface area contributed by atoms with Crippen molar-refractivity contribution in [2.24, 2.45) is 5.73 Å². The van der Waals surface area contributed by atoms with E-state index in [2.05, 4.69) is 10.2 Å². The molecule has 0 amide bonds. The number of nitrogens with one attached hydrogen (secondary N) is 1. The normalized spacial score (nSPS) is 32.8. The zero-order valence-corrected chi connectivity index (χ0v) is 10.5. The standard InChI is InChI=1S/C13H27N3/c14-12-4-6-13(7-5-12)15-8-11-16-9-2-1-3-10-16/h12-13,15H,1-11,14H2. The first-order valence-electron chi connectivity index (χ1n) is 7.06. The number of nitrogens with zero attached hydrogens (tertiary/aromatic N) is 1. The van der Waals surface area contributed by atoms with Crippen LogP contribution in [-0.2, 0) is 0 Å². The Bertz CT molecular complexity index is 182. The minimum Gasteiger partial charge on any atom is -0.328 e. The fourth-order valence-electron chi connectivity index (χ4n) is 2.93. The Morgan fingerprint density at radius 3 is 2.38 bits per heavy atom. The number of piperidine rings is 1. The van der Waals surface area contributed by atoms with Gasteiger partial charge in [-0.25, -0.2) is 0 Å². The Hall–Kier alpha value is -0.120. The van der Waals surface area contributed by atoms with Crippen LogP contribution in [0.2, 0.25) is 0 Å². The molecular formula is C13H27N3. The van der Waals surface area contributed by atoms with Gasteiger partial charge >= 0.3 is 0 Å². The van der Waals surface area contributed by atoms with Gasteiger partial charge in [0.05, 0.1) is 0 Å². The van der Waals surface area contributed by atoms with Gasteiger partial charge in [0.15, 0.2) is 0 Å². The summed E-state index contributed by atoms with van der Waals surface area (Å²) in [6, 6.07) is 1.21. The fraction of sp³-hybridized carbons (Fsp3) is 1.00.